The molecule has 0 saturated carbocycles. The summed E-state index contributed by atoms with van der Waals surface area (Å²) in [5.41, 5.74) is 2.77. The highest BCUT2D eigenvalue weighted by molar-refractivity contribution is 8.00. The summed E-state index contributed by atoms with van der Waals surface area (Å²) >= 11 is 3.17. The van der Waals surface area contributed by atoms with Gasteiger partial charge in [0.1, 0.15) is 5.75 Å². The van der Waals surface area contributed by atoms with Crippen molar-refractivity contribution in [3.05, 3.63) is 73.1 Å². The molecule has 2 aromatic carbocycles. The largest absolute Gasteiger partial charge is 0.497 e. The van der Waals surface area contributed by atoms with Gasteiger partial charge >= 0.3 is 0 Å². The number of benzene rings is 2. The van der Waals surface area contributed by atoms with Gasteiger partial charge in [-0.15, -0.1) is 22.0 Å². The molecule has 0 bridgehead atoms. The van der Waals surface area contributed by atoms with Gasteiger partial charge in [0.15, 0.2) is 11.0 Å². The number of pyridine rings is 1. The number of thioether (sulfide) groups is 2. The molecule has 0 saturated heterocycles. The SMILES string of the molecule is COc1ccc(-n2c(SCC(=O)N3CCSc4ccccc43)nnc2-c2ccncc2)cc1. The first-order valence-corrected chi connectivity index (χ1v) is 12.4. The van der Waals surface area contributed by atoms with Crippen molar-refractivity contribution in [2.75, 3.05) is 30.1 Å². The van der Waals surface area contributed by atoms with Crippen LogP contribution in [0.25, 0.3) is 17.1 Å². The van der Waals surface area contributed by atoms with Gasteiger partial charge in [-0.25, -0.2) is 0 Å². The summed E-state index contributed by atoms with van der Waals surface area (Å²) in [7, 11) is 1.64. The number of hydrogen-bond donors (Lipinski definition) is 0. The maximum absolute atomic E-state index is 13.2. The van der Waals surface area contributed by atoms with Gasteiger partial charge in [-0.3, -0.25) is 14.3 Å². The Hall–Kier alpha value is -3.30. The zero-order valence-corrected chi connectivity index (χ0v) is 19.6. The van der Waals surface area contributed by atoms with Crippen LogP contribution < -0.4 is 9.64 Å². The Balaban J connectivity index is 1.44. The third-order valence-corrected chi connectivity index (χ3v) is 7.21. The number of fused-ring (bicyclic) bond motifs is 1. The average Bonchev–Trinajstić information content (AvgIpc) is 3.31. The van der Waals surface area contributed by atoms with Crippen LogP contribution >= 0.6 is 23.5 Å². The molecule has 9 heteroatoms. The topological polar surface area (TPSA) is 73.1 Å². The van der Waals surface area contributed by atoms with Crippen LogP contribution in [0.4, 0.5) is 5.69 Å². The summed E-state index contributed by atoms with van der Waals surface area (Å²) in [5.74, 6) is 2.67. The molecule has 0 fully saturated rings. The molecule has 33 heavy (non-hydrogen) atoms. The van der Waals surface area contributed by atoms with Crippen LogP contribution in [-0.2, 0) is 4.79 Å². The van der Waals surface area contributed by atoms with Gasteiger partial charge in [-0.1, -0.05) is 23.9 Å². The Kier molecular flexibility index (Phi) is 6.32. The highest BCUT2D eigenvalue weighted by atomic mass is 32.2. The molecule has 2 aromatic heterocycles. The molecule has 7 nitrogen and oxygen atoms in total. The Morgan fingerprint density at radius 1 is 1.06 bits per heavy atom. The van der Waals surface area contributed by atoms with Crippen LogP contribution in [0, 0.1) is 0 Å². The summed E-state index contributed by atoms with van der Waals surface area (Å²) < 4.78 is 7.27. The van der Waals surface area contributed by atoms with Gasteiger partial charge in [0.2, 0.25) is 5.91 Å². The van der Waals surface area contributed by atoms with Crippen molar-refractivity contribution in [3.63, 3.8) is 0 Å². The lowest BCUT2D eigenvalue weighted by molar-refractivity contribution is -0.116. The quantitative estimate of drug-likeness (QED) is 0.378. The van der Waals surface area contributed by atoms with E-state index in [0.29, 0.717) is 17.5 Å². The second-order valence-electron chi connectivity index (χ2n) is 7.23. The van der Waals surface area contributed by atoms with Crippen LogP contribution in [0.1, 0.15) is 0 Å². The zero-order chi connectivity index (χ0) is 22.6. The molecule has 5 rings (SSSR count). The fourth-order valence-corrected chi connectivity index (χ4v) is 5.47. The summed E-state index contributed by atoms with van der Waals surface area (Å²) in [6.45, 7) is 0.703. The van der Waals surface area contributed by atoms with Crippen molar-refractivity contribution >= 4 is 35.1 Å². The molecule has 166 valence electrons. The summed E-state index contributed by atoms with van der Waals surface area (Å²) in [6, 6.07) is 19.5. The van der Waals surface area contributed by atoms with E-state index >= 15 is 0 Å². The molecule has 0 aliphatic carbocycles. The van der Waals surface area contributed by atoms with Gasteiger partial charge in [0.05, 0.1) is 18.6 Å². The molecule has 1 aliphatic heterocycles. The molecular weight excluding hydrogens is 454 g/mol. The third-order valence-electron chi connectivity index (χ3n) is 5.26. The van der Waals surface area contributed by atoms with E-state index in [1.165, 1.54) is 11.8 Å². The Labute approximate surface area is 200 Å². The van der Waals surface area contributed by atoms with E-state index in [1.54, 1.807) is 31.3 Å². The monoisotopic (exact) mass is 475 g/mol. The predicted molar refractivity (Wildman–Crippen MR) is 131 cm³/mol. The van der Waals surface area contributed by atoms with Crippen molar-refractivity contribution in [1.29, 1.82) is 0 Å². The Morgan fingerprint density at radius 2 is 1.85 bits per heavy atom. The molecule has 0 atom stereocenters. The number of nitrogens with zero attached hydrogens (tertiary/aromatic N) is 5. The van der Waals surface area contributed by atoms with Crippen LogP contribution in [0.15, 0.2) is 83.1 Å². The lowest BCUT2D eigenvalue weighted by Crippen LogP contribution is -2.36. The number of ether oxygens (including phenoxy) is 1. The van der Waals surface area contributed by atoms with Gasteiger partial charge in [-0.05, 0) is 48.5 Å². The Morgan fingerprint density at radius 3 is 2.64 bits per heavy atom. The molecule has 0 N–H and O–H groups in total. The first-order valence-electron chi connectivity index (χ1n) is 10.4. The minimum Gasteiger partial charge on any atom is -0.497 e. The summed E-state index contributed by atoms with van der Waals surface area (Å²) in [5, 5.41) is 9.51. The second-order valence-corrected chi connectivity index (χ2v) is 9.30. The smallest absolute Gasteiger partial charge is 0.237 e. The van der Waals surface area contributed by atoms with E-state index in [4.69, 9.17) is 4.74 Å². The van der Waals surface area contributed by atoms with Crippen LogP contribution in [0.2, 0.25) is 0 Å². The molecule has 4 aromatic rings. The standard InChI is InChI=1S/C24H21N5O2S2/c1-31-19-8-6-18(7-9-19)29-23(17-10-12-25-13-11-17)26-27-24(29)33-16-22(30)28-14-15-32-21-5-3-2-4-20(21)28/h2-13H,14-16H2,1H3. The number of carbonyl (C=O) groups is 1. The van der Waals surface area contributed by atoms with E-state index < -0.39 is 0 Å². The molecule has 1 aliphatic rings. The average molecular weight is 476 g/mol. The molecule has 0 unspecified atom stereocenters. The highest BCUT2D eigenvalue weighted by Gasteiger charge is 2.24. The van der Waals surface area contributed by atoms with Crippen molar-refractivity contribution in [1.82, 2.24) is 19.7 Å². The highest BCUT2D eigenvalue weighted by Crippen LogP contribution is 2.35. The third kappa shape index (κ3) is 4.46. The number of aromatic nitrogens is 4. The van der Waals surface area contributed by atoms with Gasteiger partial charge in [0.25, 0.3) is 0 Å². The van der Waals surface area contributed by atoms with E-state index in [-0.39, 0.29) is 11.7 Å². The molecule has 3 heterocycles. The number of para-hydroxylation sites is 1. The molecule has 0 radical (unpaired) electrons. The van der Waals surface area contributed by atoms with E-state index in [0.717, 1.165) is 33.3 Å². The minimum absolute atomic E-state index is 0.0579. The van der Waals surface area contributed by atoms with Crippen molar-refractivity contribution in [3.8, 4) is 22.8 Å². The van der Waals surface area contributed by atoms with E-state index in [9.17, 15) is 4.79 Å². The van der Waals surface area contributed by atoms with Gasteiger partial charge in [-0.2, -0.15) is 0 Å². The minimum atomic E-state index is 0.0579. The van der Waals surface area contributed by atoms with E-state index in [2.05, 4.69) is 21.2 Å². The first-order chi connectivity index (χ1) is 16.2. The fourth-order valence-electron chi connectivity index (χ4n) is 3.65. The molecule has 0 spiro atoms. The summed E-state index contributed by atoms with van der Waals surface area (Å²) in [6.07, 6.45) is 3.45. The Bertz CT molecular complexity index is 1260. The van der Waals surface area contributed by atoms with E-state index in [1.807, 2.05) is 64.1 Å². The molecule has 1 amide bonds. The number of carbonyl (C=O) groups excluding carboxylic acids is 1. The van der Waals surface area contributed by atoms with Gasteiger partial charge < -0.3 is 9.64 Å². The van der Waals surface area contributed by atoms with Crippen molar-refractivity contribution in [2.45, 2.75) is 10.1 Å². The van der Waals surface area contributed by atoms with Crippen molar-refractivity contribution in [2.24, 2.45) is 0 Å². The van der Waals surface area contributed by atoms with Crippen LogP contribution in [0.3, 0.4) is 0 Å². The fraction of sp³-hybridized carbons (Fsp3) is 0.167. The number of anilines is 1. The zero-order valence-electron chi connectivity index (χ0n) is 17.9. The predicted octanol–water partition coefficient (Wildman–Crippen LogP) is 4.57. The normalized spacial score (nSPS) is 12.9. The number of methoxy groups -OCH3 is 1. The second kappa shape index (κ2) is 9.68. The molecular formula is C24H21N5O2S2. The number of rotatable bonds is 6. The van der Waals surface area contributed by atoms with Crippen molar-refractivity contribution < 1.29 is 9.53 Å². The lowest BCUT2D eigenvalue weighted by Gasteiger charge is -2.28. The summed E-state index contributed by atoms with van der Waals surface area (Å²) in [4.78, 5) is 20.3. The first kappa shape index (κ1) is 21.5. The number of amides is 1. The van der Waals surface area contributed by atoms with Gasteiger partial charge in [0, 0.05) is 40.8 Å². The maximum Gasteiger partial charge on any atom is 0.237 e. The van der Waals surface area contributed by atoms with Crippen LogP contribution in [-0.4, -0.2) is 50.8 Å². The lowest BCUT2D eigenvalue weighted by atomic mass is 10.2. The maximum atomic E-state index is 13.2. The number of hydrogen-bond acceptors (Lipinski definition) is 7. The van der Waals surface area contributed by atoms with Crippen LogP contribution in [0.5, 0.6) is 5.75 Å².